The Morgan fingerprint density at radius 2 is 2.64 bits per heavy atom. The summed E-state index contributed by atoms with van der Waals surface area (Å²) in [4.78, 5) is 4.35. The minimum atomic E-state index is 0.753. The molecule has 1 aromatic rings. The monoisotopic (exact) mass is 212 g/mol. The molecule has 0 aliphatic carbocycles. The number of anilines is 1. The maximum absolute atomic E-state index is 5.32. The van der Waals surface area contributed by atoms with Crippen LogP contribution in [0.4, 0.5) is 5.13 Å². The molecule has 14 heavy (non-hydrogen) atoms. The summed E-state index contributed by atoms with van der Waals surface area (Å²) >= 11 is 1.68. The standard InChI is InChI=1S/C10H16N2OS/c1-8-7-14-10(12-8)11-4-2-9-3-5-13-6-9/h7,9H,2-6H2,1H3,(H,11,12). The molecule has 0 spiro atoms. The Hall–Kier alpha value is -0.610. The van der Waals surface area contributed by atoms with Gasteiger partial charge in [0.05, 0.1) is 5.69 Å². The molecule has 1 aliphatic rings. The summed E-state index contributed by atoms with van der Waals surface area (Å²) in [5.41, 5.74) is 1.10. The quantitative estimate of drug-likeness (QED) is 0.831. The van der Waals surface area contributed by atoms with Gasteiger partial charge in [-0.2, -0.15) is 0 Å². The second kappa shape index (κ2) is 4.75. The van der Waals surface area contributed by atoms with Crippen LogP contribution in [-0.4, -0.2) is 24.7 Å². The molecule has 3 nitrogen and oxygen atoms in total. The Morgan fingerprint density at radius 1 is 1.71 bits per heavy atom. The van der Waals surface area contributed by atoms with E-state index in [0.29, 0.717) is 0 Å². The van der Waals surface area contributed by atoms with E-state index < -0.39 is 0 Å². The number of aryl methyl sites for hydroxylation is 1. The van der Waals surface area contributed by atoms with Crippen LogP contribution in [0.2, 0.25) is 0 Å². The SMILES string of the molecule is Cc1csc(NCCC2CCOC2)n1. The van der Waals surface area contributed by atoms with E-state index in [9.17, 15) is 0 Å². The lowest BCUT2D eigenvalue weighted by molar-refractivity contribution is 0.185. The van der Waals surface area contributed by atoms with Gasteiger partial charge in [0.25, 0.3) is 0 Å². The van der Waals surface area contributed by atoms with Crippen LogP contribution in [0.5, 0.6) is 0 Å². The number of aromatic nitrogens is 1. The third-order valence-corrected chi connectivity index (χ3v) is 3.39. The van der Waals surface area contributed by atoms with Gasteiger partial charge in [-0.1, -0.05) is 0 Å². The average Bonchev–Trinajstić information content (AvgIpc) is 2.77. The molecule has 1 atom stereocenters. The number of thiazole rings is 1. The van der Waals surface area contributed by atoms with Gasteiger partial charge in [-0.25, -0.2) is 4.98 Å². The molecular formula is C10H16N2OS. The second-order valence-electron chi connectivity index (χ2n) is 3.74. The Labute approximate surface area is 88.5 Å². The first-order valence-corrected chi connectivity index (χ1v) is 5.96. The number of nitrogens with one attached hydrogen (secondary N) is 1. The number of hydrogen-bond donors (Lipinski definition) is 1. The average molecular weight is 212 g/mol. The normalized spacial score (nSPS) is 21.4. The smallest absolute Gasteiger partial charge is 0.182 e. The fourth-order valence-electron chi connectivity index (χ4n) is 1.63. The second-order valence-corrected chi connectivity index (χ2v) is 4.60. The molecular weight excluding hydrogens is 196 g/mol. The van der Waals surface area contributed by atoms with Crippen LogP contribution in [-0.2, 0) is 4.74 Å². The fraction of sp³-hybridized carbons (Fsp3) is 0.700. The van der Waals surface area contributed by atoms with Gasteiger partial charge in [0.15, 0.2) is 5.13 Å². The first-order chi connectivity index (χ1) is 6.84. The first kappa shape index (κ1) is 9.93. The Morgan fingerprint density at radius 3 is 3.29 bits per heavy atom. The van der Waals surface area contributed by atoms with Crippen molar-refractivity contribution in [3.05, 3.63) is 11.1 Å². The van der Waals surface area contributed by atoms with Crippen LogP contribution >= 0.6 is 11.3 Å². The van der Waals surface area contributed by atoms with Crippen molar-refractivity contribution in [2.75, 3.05) is 25.1 Å². The minimum Gasteiger partial charge on any atom is -0.381 e. The maximum Gasteiger partial charge on any atom is 0.182 e. The van der Waals surface area contributed by atoms with Crippen LogP contribution in [0.1, 0.15) is 18.5 Å². The number of rotatable bonds is 4. The molecule has 1 N–H and O–H groups in total. The summed E-state index contributed by atoms with van der Waals surface area (Å²) < 4.78 is 5.32. The molecule has 0 bridgehead atoms. The van der Waals surface area contributed by atoms with Gasteiger partial charge in [-0.3, -0.25) is 0 Å². The largest absolute Gasteiger partial charge is 0.381 e. The summed E-state index contributed by atoms with van der Waals surface area (Å²) in [7, 11) is 0. The van der Waals surface area contributed by atoms with Crippen LogP contribution in [0.3, 0.4) is 0 Å². The summed E-state index contributed by atoms with van der Waals surface area (Å²) in [6, 6.07) is 0. The molecule has 0 saturated carbocycles. The highest BCUT2D eigenvalue weighted by atomic mass is 32.1. The zero-order valence-corrected chi connectivity index (χ0v) is 9.27. The van der Waals surface area contributed by atoms with E-state index in [2.05, 4.69) is 15.7 Å². The maximum atomic E-state index is 5.32. The van der Waals surface area contributed by atoms with E-state index in [-0.39, 0.29) is 0 Å². The molecule has 1 saturated heterocycles. The summed E-state index contributed by atoms with van der Waals surface area (Å²) in [5, 5.41) is 6.46. The lowest BCUT2D eigenvalue weighted by Gasteiger charge is -2.07. The molecule has 1 aromatic heterocycles. The zero-order chi connectivity index (χ0) is 9.80. The molecule has 2 rings (SSSR count). The highest BCUT2D eigenvalue weighted by Gasteiger charge is 2.14. The van der Waals surface area contributed by atoms with Crippen molar-refractivity contribution in [1.82, 2.24) is 4.98 Å². The lowest BCUT2D eigenvalue weighted by Crippen LogP contribution is -2.08. The van der Waals surface area contributed by atoms with Crippen molar-refractivity contribution >= 4 is 16.5 Å². The van der Waals surface area contributed by atoms with Crippen molar-refractivity contribution in [3.63, 3.8) is 0 Å². The zero-order valence-electron chi connectivity index (χ0n) is 8.45. The van der Waals surface area contributed by atoms with Crippen molar-refractivity contribution in [2.24, 2.45) is 5.92 Å². The first-order valence-electron chi connectivity index (χ1n) is 5.08. The van der Waals surface area contributed by atoms with Crippen molar-refractivity contribution < 1.29 is 4.74 Å². The number of ether oxygens (including phenoxy) is 1. The van der Waals surface area contributed by atoms with Crippen LogP contribution in [0.15, 0.2) is 5.38 Å². The molecule has 1 aliphatic heterocycles. The van der Waals surface area contributed by atoms with E-state index in [0.717, 1.165) is 36.5 Å². The predicted molar refractivity (Wildman–Crippen MR) is 58.9 cm³/mol. The fourth-order valence-corrected chi connectivity index (χ4v) is 2.35. The van der Waals surface area contributed by atoms with E-state index in [1.807, 2.05) is 6.92 Å². The van der Waals surface area contributed by atoms with Crippen LogP contribution in [0, 0.1) is 12.8 Å². The van der Waals surface area contributed by atoms with E-state index >= 15 is 0 Å². The molecule has 4 heteroatoms. The molecule has 0 amide bonds. The highest BCUT2D eigenvalue weighted by molar-refractivity contribution is 7.13. The molecule has 0 radical (unpaired) electrons. The third kappa shape index (κ3) is 2.69. The van der Waals surface area contributed by atoms with Crippen molar-refractivity contribution in [2.45, 2.75) is 19.8 Å². The predicted octanol–water partition coefficient (Wildman–Crippen LogP) is 2.29. The molecule has 1 unspecified atom stereocenters. The number of nitrogens with zero attached hydrogens (tertiary/aromatic N) is 1. The highest BCUT2D eigenvalue weighted by Crippen LogP contribution is 2.18. The van der Waals surface area contributed by atoms with Gasteiger partial charge in [0.1, 0.15) is 0 Å². The molecule has 2 heterocycles. The summed E-state index contributed by atoms with van der Waals surface area (Å²) in [6.45, 7) is 4.92. The topological polar surface area (TPSA) is 34.1 Å². The molecule has 1 fully saturated rings. The van der Waals surface area contributed by atoms with Crippen molar-refractivity contribution in [3.8, 4) is 0 Å². The lowest BCUT2D eigenvalue weighted by atomic mass is 10.1. The van der Waals surface area contributed by atoms with E-state index in [4.69, 9.17) is 4.74 Å². The molecule has 78 valence electrons. The summed E-state index contributed by atoms with van der Waals surface area (Å²) in [5.74, 6) is 0.753. The van der Waals surface area contributed by atoms with Crippen LogP contribution in [0.25, 0.3) is 0 Å². The minimum absolute atomic E-state index is 0.753. The Kier molecular flexibility index (Phi) is 3.37. The molecule has 0 aromatic carbocycles. The van der Waals surface area contributed by atoms with Gasteiger partial charge in [0.2, 0.25) is 0 Å². The Balaban J connectivity index is 1.67. The Bertz CT molecular complexity index is 281. The van der Waals surface area contributed by atoms with Crippen LogP contribution < -0.4 is 5.32 Å². The van der Waals surface area contributed by atoms with Crippen molar-refractivity contribution in [1.29, 1.82) is 0 Å². The van der Waals surface area contributed by atoms with Gasteiger partial charge >= 0.3 is 0 Å². The van der Waals surface area contributed by atoms with Gasteiger partial charge in [-0.15, -0.1) is 11.3 Å². The van der Waals surface area contributed by atoms with E-state index in [1.165, 1.54) is 12.8 Å². The van der Waals surface area contributed by atoms with E-state index in [1.54, 1.807) is 11.3 Å². The third-order valence-electron chi connectivity index (χ3n) is 2.47. The van der Waals surface area contributed by atoms with Gasteiger partial charge < -0.3 is 10.1 Å². The number of hydrogen-bond acceptors (Lipinski definition) is 4. The van der Waals surface area contributed by atoms with Gasteiger partial charge in [-0.05, 0) is 25.7 Å². The summed E-state index contributed by atoms with van der Waals surface area (Å²) in [6.07, 6.45) is 2.41. The van der Waals surface area contributed by atoms with Gasteiger partial charge in [0, 0.05) is 25.1 Å².